The van der Waals surface area contributed by atoms with Crippen molar-refractivity contribution in [2.45, 2.75) is 12.4 Å². The Labute approximate surface area is 132 Å². The van der Waals surface area contributed by atoms with Gasteiger partial charge in [-0.1, -0.05) is 0 Å². The number of ether oxygens (including phenoxy) is 1. The fraction of sp³-hybridized carbons (Fsp3) is 0.250. The summed E-state index contributed by atoms with van der Waals surface area (Å²) in [5.41, 5.74) is -3.39. The third-order valence-electron chi connectivity index (χ3n) is 2.84. The summed E-state index contributed by atoms with van der Waals surface area (Å²) in [5, 5.41) is -0.488. The van der Waals surface area contributed by atoms with E-state index >= 15 is 0 Å². The lowest BCUT2D eigenvalue weighted by Crippen LogP contribution is -2.25. The number of methoxy groups -OCH3 is 1. The van der Waals surface area contributed by atoms with Crippen molar-refractivity contribution >= 4 is 39.3 Å². The van der Waals surface area contributed by atoms with Gasteiger partial charge in [0.1, 0.15) is 11.4 Å². The van der Waals surface area contributed by atoms with Crippen LogP contribution in [-0.2, 0) is 6.18 Å². The molecule has 1 heterocycles. The van der Waals surface area contributed by atoms with Crippen molar-refractivity contribution in [3.63, 3.8) is 0 Å². The number of rotatable bonds is 2. The minimum atomic E-state index is -5.43. The zero-order chi connectivity index (χ0) is 16.9. The summed E-state index contributed by atoms with van der Waals surface area (Å²) in [7, 11) is 1.21. The summed E-state index contributed by atoms with van der Waals surface area (Å²) in [4.78, 5) is 13.3. The number of Topliss-reactive ketones (excluding diaryl/α,β-unsaturated/α-hetero) is 1. The lowest BCUT2D eigenvalue weighted by Gasteiger charge is -2.09. The summed E-state index contributed by atoms with van der Waals surface area (Å²) >= 11 is 1.64. The predicted octanol–water partition coefficient (Wildman–Crippen LogP) is 4.54. The number of carbonyl (C=O) groups excluding carboxylic acids is 1. The Morgan fingerprint density at radius 1 is 1.18 bits per heavy atom. The molecule has 1 N–H and O–H groups in total. The van der Waals surface area contributed by atoms with E-state index in [1.54, 1.807) is 22.6 Å². The van der Waals surface area contributed by atoms with Crippen LogP contribution in [0.15, 0.2) is 12.1 Å². The highest BCUT2D eigenvalue weighted by Gasteiger charge is 2.47. The Morgan fingerprint density at radius 3 is 2.23 bits per heavy atom. The summed E-state index contributed by atoms with van der Waals surface area (Å²) in [5.74, 6) is -2.52. The molecule has 0 spiro atoms. The normalized spacial score (nSPS) is 12.7. The molecule has 3 nitrogen and oxygen atoms in total. The van der Waals surface area contributed by atoms with Crippen LogP contribution in [0.1, 0.15) is 16.1 Å². The van der Waals surface area contributed by atoms with Crippen molar-refractivity contribution in [2.24, 2.45) is 0 Å². The molecule has 10 heteroatoms. The number of hydrogen-bond donors (Lipinski definition) is 1. The number of fused-ring (bicyclic) bond motifs is 1. The molecule has 0 unspecified atom stereocenters. The van der Waals surface area contributed by atoms with Gasteiger partial charge in [-0.25, -0.2) is 0 Å². The maximum Gasteiger partial charge on any atom is 0.454 e. The van der Waals surface area contributed by atoms with E-state index in [2.05, 4.69) is 0 Å². The van der Waals surface area contributed by atoms with Gasteiger partial charge in [-0.2, -0.15) is 26.3 Å². The van der Waals surface area contributed by atoms with Crippen LogP contribution in [0, 0.1) is 3.57 Å². The van der Waals surface area contributed by atoms with Crippen LogP contribution in [0.4, 0.5) is 26.3 Å². The molecule has 0 amide bonds. The van der Waals surface area contributed by atoms with Gasteiger partial charge >= 0.3 is 12.4 Å². The van der Waals surface area contributed by atoms with E-state index in [4.69, 9.17) is 4.74 Å². The fourth-order valence-corrected chi connectivity index (χ4v) is 2.67. The van der Waals surface area contributed by atoms with Gasteiger partial charge in [-0.3, -0.25) is 4.79 Å². The predicted molar refractivity (Wildman–Crippen MR) is 73.0 cm³/mol. The number of H-pyrrole nitrogens is 1. The van der Waals surface area contributed by atoms with Gasteiger partial charge in [-0.15, -0.1) is 0 Å². The van der Waals surface area contributed by atoms with E-state index < -0.39 is 34.8 Å². The second-order valence-electron chi connectivity index (χ2n) is 4.23. The lowest BCUT2D eigenvalue weighted by atomic mass is 10.1. The number of aromatic amines is 1. The molecule has 22 heavy (non-hydrogen) atoms. The summed E-state index contributed by atoms with van der Waals surface area (Å²) in [6, 6.07) is 2.30. The Bertz CT molecular complexity index is 747. The van der Waals surface area contributed by atoms with Crippen LogP contribution in [0.25, 0.3) is 10.9 Å². The minimum Gasteiger partial charge on any atom is -0.497 e. The van der Waals surface area contributed by atoms with Gasteiger partial charge in [0.2, 0.25) is 0 Å². The molecule has 0 saturated heterocycles. The number of carbonyl (C=O) groups is 1. The first-order valence-electron chi connectivity index (χ1n) is 5.54. The van der Waals surface area contributed by atoms with Gasteiger partial charge in [0.05, 0.1) is 18.2 Å². The highest BCUT2D eigenvalue weighted by atomic mass is 127. The van der Waals surface area contributed by atoms with E-state index in [0.717, 1.165) is 6.07 Å². The van der Waals surface area contributed by atoms with Crippen LogP contribution < -0.4 is 4.74 Å². The standard InChI is InChI=1S/C12H6F6INO2/c1-22-4-2-5-7(10(21)12(16,17)18)9(11(13,14)15)20-8(5)6(19)3-4/h2-3,20H,1H3. The highest BCUT2D eigenvalue weighted by Crippen LogP contribution is 2.40. The van der Waals surface area contributed by atoms with E-state index in [0.29, 0.717) is 0 Å². The van der Waals surface area contributed by atoms with E-state index in [9.17, 15) is 31.1 Å². The average molecular weight is 437 g/mol. The number of benzene rings is 1. The molecule has 2 aromatic rings. The topological polar surface area (TPSA) is 42.1 Å². The Kier molecular flexibility index (Phi) is 4.09. The summed E-state index contributed by atoms with van der Waals surface area (Å²) < 4.78 is 81.8. The molecule has 0 saturated carbocycles. The number of hydrogen-bond acceptors (Lipinski definition) is 2. The highest BCUT2D eigenvalue weighted by molar-refractivity contribution is 14.1. The SMILES string of the molecule is COc1cc(I)c2[nH]c(C(F)(F)F)c(C(=O)C(F)(F)F)c2c1. The van der Waals surface area contributed by atoms with Crippen LogP contribution in [-0.4, -0.2) is 24.1 Å². The Morgan fingerprint density at radius 2 is 1.77 bits per heavy atom. The van der Waals surface area contributed by atoms with E-state index in [-0.39, 0.29) is 14.8 Å². The average Bonchev–Trinajstić information content (AvgIpc) is 2.76. The third kappa shape index (κ3) is 2.88. The first kappa shape index (κ1) is 16.9. The third-order valence-corrected chi connectivity index (χ3v) is 3.69. The van der Waals surface area contributed by atoms with Crippen molar-refractivity contribution in [3.8, 4) is 5.75 Å². The lowest BCUT2D eigenvalue weighted by molar-refractivity contribution is -0.141. The number of nitrogens with one attached hydrogen (secondary N) is 1. The first-order valence-corrected chi connectivity index (χ1v) is 6.62. The molecule has 0 radical (unpaired) electrons. The van der Waals surface area contributed by atoms with Gasteiger partial charge in [-0.05, 0) is 34.7 Å². The maximum atomic E-state index is 13.0. The molecule has 2 rings (SSSR count). The van der Waals surface area contributed by atoms with Crippen LogP contribution >= 0.6 is 22.6 Å². The van der Waals surface area contributed by atoms with Crippen LogP contribution in [0.3, 0.4) is 0 Å². The number of halogens is 7. The maximum absolute atomic E-state index is 13.0. The molecule has 0 aliphatic carbocycles. The quantitative estimate of drug-likeness (QED) is 0.426. The van der Waals surface area contributed by atoms with E-state index in [1.165, 1.54) is 13.2 Å². The molecule has 0 atom stereocenters. The van der Waals surface area contributed by atoms with Crippen LogP contribution in [0.5, 0.6) is 5.75 Å². The van der Waals surface area contributed by atoms with Gasteiger partial charge < -0.3 is 9.72 Å². The smallest absolute Gasteiger partial charge is 0.454 e. The molecular formula is C12H6F6INO2. The fourth-order valence-electron chi connectivity index (χ4n) is 1.94. The minimum absolute atomic E-state index is 0.0425. The van der Waals surface area contributed by atoms with Gasteiger partial charge in [0.25, 0.3) is 5.78 Å². The van der Waals surface area contributed by atoms with Crippen molar-refractivity contribution in [2.75, 3.05) is 7.11 Å². The Balaban J connectivity index is 2.90. The zero-order valence-corrected chi connectivity index (χ0v) is 12.8. The number of alkyl halides is 6. The summed E-state index contributed by atoms with van der Waals surface area (Å²) in [6.45, 7) is 0. The van der Waals surface area contributed by atoms with E-state index in [1.807, 2.05) is 4.98 Å². The molecule has 1 aromatic heterocycles. The summed E-state index contributed by atoms with van der Waals surface area (Å²) in [6.07, 6.45) is -10.6. The number of ketones is 1. The van der Waals surface area contributed by atoms with Gasteiger partial charge in [0, 0.05) is 8.96 Å². The van der Waals surface area contributed by atoms with Crippen molar-refractivity contribution in [1.29, 1.82) is 0 Å². The molecule has 0 bridgehead atoms. The molecule has 0 aliphatic heterocycles. The second kappa shape index (κ2) is 5.32. The Hall–Kier alpha value is -1.46. The van der Waals surface area contributed by atoms with Crippen molar-refractivity contribution in [3.05, 3.63) is 27.0 Å². The number of aromatic nitrogens is 1. The van der Waals surface area contributed by atoms with Gasteiger partial charge in [0.15, 0.2) is 0 Å². The zero-order valence-electron chi connectivity index (χ0n) is 10.6. The van der Waals surface area contributed by atoms with Crippen LogP contribution in [0.2, 0.25) is 0 Å². The first-order chi connectivity index (χ1) is 9.96. The van der Waals surface area contributed by atoms with Crippen molar-refractivity contribution < 1.29 is 35.9 Å². The molecule has 120 valence electrons. The monoisotopic (exact) mass is 437 g/mol. The molecule has 0 fully saturated rings. The molecule has 0 aliphatic rings. The largest absolute Gasteiger partial charge is 0.497 e. The molecular weight excluding hydrogens is 431 g/mol. The van der Waals surface area contributed by atoms with Crippen molar-refractivity contribution in [1.82, 2.24) is 4.98 Å². The molecule has 1 aromatic carbocycles. The second-order valence-corrected chi connectivity index (χ2v) is 5.39.